The van der Waals surface area contributed by atoms with Crippen molar-refractivity contribution in [3.8, 4) is 0 Å². The second-order valence-electron chi connectivity index (χ2n) is 6.99. The molecule has 5 N–H and O–H groups in total. The quantitative estimate of drug-likeness (QED) is 0.672. The number of nitrogens with zero attached hydrogens (tertiary/aromatic N) is 2. The van der Waals surface area contributed by atoms with E-state index in [1.165, 1.54) is 5.56 Å². The molecule has 2 aromatic rings. The van der Waals surface area contributed by atoms with Crippen LogP contribution in [0, 0.1) is 0 Å². The van der Waals surface area contributed by atoms with Gasteiger partial charge in [-0.15, -0.1) is 0 Å². The number of hydrogen-bond donors (Lipinski definition) is 4. The van der Waals surface area contributed by atoms with E-state index >= 15 is 0 Å². The van der Waals surface area contributed by atoms with Crippen LogP contribution in [0.15, 0.2) is 24.3 Å². The molecule has 0 spiro atoms. The summed E-state index contributed by atoms with van der Waals surface area (Å²) in [5.74, 6) is 1.31. The first-order valence-electron chi connectivity index (χ1n) is 9.13. The average molecular weight is 352 g/mol. The third-order valence-corrected chi connectivity index (χ3v) is 5.23. The number of nitrogens with two attached hydrogens (primary N) is 1. The van der Waals surface area contributed by atoms with Gasteiger partial charge in [0.25, 0.3) is 5.91 Å². The number of rotatable bonds is 4. The highest BCUT2D eigenvalue weighted by atomic mass is 16.1. The van der Waals surface area contributed by atoms with Gasteiger partial charge >= 0.3 is 0 Å². The first-order valence-corrected chi connectivity index (χ1v) is 9.13. The average Bonchev–Trinajstić information content (AvgIpc) is 2.63. The standard InChI is InChI=1S/C19H24N6O/c1-21-16-10-15(24-19(20)25-16)12-8-13(9-12)23-18(26)14-6-2-4-11-5-3-7-22-17(11)14/h2,4,6,10,12-13,22H,3,5,7-9H2,1H3,(H,23,26)(H3,20,21,24,25). The van der Waals surface area contributed by atoms with E-state index in [0.29, 0.717) is 5.92 Å². The van der Waals surface area contributed by atoms with E-state index in [4.69, 9.17) is 5.73 Å². The SMILES string of the molecule is CNc1cc(C2CC(NC(=O)c3cccc4c3NCCC4)C2)nc(N)n1. The number of nitrogens with one attached hydrogen (secondary N) is 3. The molecule has 1 aliphatic heterocycles. The van der Waals surface area contributed by atoms with Gasteiger partial charge in [-0.25, -0.2) is 4.98 Å². The lowest BCUT2D eigenvalue weighted by molar-refractivity contribution is 0.0909. The van der Waals surface area contributed by atoms with Gasteiger partial charge in [-0.05, 0) is 37.3 Å². The highest BCUT2D eigenvalue weighted by Gasteiger charge is 2.33. The normalized spacial score (nSPS) is 21.1. The number of anilines is 3. The Hall–Kier alpha value is -2.83. The van der Waals surface area contributed by atoms with Crippen LogP contribution in [0.4, 0.5) is 17.5 Å². The summed E-state index contributed by atoms with van der Waals surface area (Å²) < 4.78 is 0. The Bertz CT molecular complexity index is 831. The second-order valence-corrected chi connectivity index (χ2v) is 6.99. The molecule has 0 radical (unpaired) electrons. The summed E-state index contributed by atoms with van der Waals surface area (Å²) in [7, 11) is 1.81. The monoisotopic (exact) mass is 352 g/mol. The summed E-state index contributed by atoms with van der Waals surface area (Å²) >= 11 is 0. The minimum atomic E-state index is -0.00202. The third kappa shape index (κ3) is 3.16. The van der Waals surface area contributed by atoms with Crippen LogP contribution in [0.3, 0.4) is 0 Å². The zero-order valence-electron chi connectivity index (χ0n) is 14.9. The summed E-state index contributed by atoms with van der Waals surface area (Å²) in [6.45, 7) is 0.922. The van der Waals surface area contributed by atoms with E-state index in [1.54, 1.807) is 0 Å². The maximum atomic E-state index is 12.7. The molecular formula is C19H24N6O. The second kappa shape index (κ2) is 6.82. The van der Waals surface area contributed by atoms with Crippen LogP contribution in [0.2, 0.25) is 0 Å². The Labute approximate surface area is 152 Å². The van der Waals surface area contributed by atoms with E-state index in [0.717, 1.165) is 55.0 Å². The molecule has 1 amide bonds. The van der Waals surface area contributed by atoms with E-state index in [9.17, 15) is 4.79 Å². The maximum Gasteiger partial charge on any atom is 0.253 e. The summed E-state index contributed by atoms with van der Waals surface area (Å²) in [6.07, 6.45) is 3.87. The zero-order chi connectivity index (χ0) is 18.1. The molecule has 1 fully saturated rings. The number of aryl methyl sites for hydroxylation is 1. The number of carbonyl (C=O) groups excluding carboxylic acids is 1. The van der Waals surface area contributed by atoms with Gasteiger partial charge in [0.1, 0.15) is 5.82 Å². The molecule has 1 aromatic heterocycles. The lowest BCUT2D eigenvalue weighted by atomic mass is 9.78. The minimum absolute atomic E-state index is 0.00202. The lowest BCUT2D eigenvalue weighted by Crippen LogP contribution is -2.43. The minimum Gasteiger partial charge on any atom is -0.384 e. The van der Waals surface area contributed by atoms with E-state index in [-0.39, 0.29) is 17.9 Å². The van der Waals surface area contributed by atoms with Crippen LogP contribution in [-0.4, -0.2) is 35.5 Å². The van der Waals surface area contributed by atoms with Crippen molar-refractivity contribution in [1.29, 1.82) is 0 Å². The van der Waals surface area contributed by atoms with Crippen molar-refractivity contribution in [2.75, 3.05) is 30.0 Å². The van der Waals surface area contributed by atoms with Crippen molar-refractivity contribution in [3.63, 3.8) is 0 Å². The smallest absolute Gasteiger partial charge is 0.253 e. The largest absolute Gasteiger partial charge is 0.384 e. The first-order chi connectivity index (χ1) is 12.6. The molecule has 0 atom stereocenters. The van der Waals surface area contributed by atoms with Gasteiger partial charge in [-0.3, -0.25) is 4.79 Å². The third-order valence-electron chi connectivity index (χ3n) is 5.23. The summed E-state index contributed by atoms with van der Waals surface area (Å²) in [4.78, 5) is 21.2. The molecule has 7 nitrogen and oxygen atoms in total. The summed E-state index contributed by atoms with van der Waals surface area (Å²) in [5.41, 5.74) is 9.67. The van der Waals surface area contributed by atoms with Gasteiger partial charge in [-0.2, -0.15) is 4.98 Å². The molecule has 2 heterocycles. The summed E-state index contributed by atoms with van der Waals surface area (Å²) in [5, 5.41) is 9.53. The Morgan fingerprint density at radius 3 is 2.96 bits per heavy atom. The first kappa shape index (κ1) is 16.6. The number of hydrogen-bond acceptors (Lipinski definition) is 6. The highest BCUT2D eigenvalue weighted by molar-refractivity contribution is 6.00. The van der Waals surface area contributed by atoms with E-state index in [1.807, 2.05) is 25.2 Å². The van der Waals surface area contributed by atoms with Crippen molar-refractivity contribution in [2.24, 2.45) is 0 Å². The van der Waals surface area contributed by atoms with Gasteiger partial charge in [0.2, 0.25) is 5.95 Å². The van der Waals surface area contributed by atoms with Crippen LogP contribution < -0.4 is 21.7 Å². The maximum absolute atomic E-state index is 12.7. The van der Waals surface area contributed by atoms with Crippen molar-refractivity contribution in [1.82, 2.24) is 15.3 Å². The number of fused-ring (bicyclic) bond motifs is 1. The number of carbonyl (C=O) groups is 1. The molecule has 7 heteroatoms. The number of aromatic nitrogens is 2. The molecule has 1 saturated carbocycles. The number of amides is 1. The fourth-order valence-electron chi connectivity index (χ4n) is 3.76. The molecule has 2 aliphatic rings. The van der Waals surface area contributed by atoms with Gasteiger partial charge in [0.05, 0.1) is 16.9 Å². The van der Waals surface area contributed by atoms with Crippen LogP contribution in [-0.2, 0) is 6.42 Å². The van der Waals surface area contributed by atoms with Crippen molar-refractivity contribution < 1.29 is 4.79 Å². The Kier molecular flexibility index (Phi) is 4.36. The molecule has 0 unspecified atom stereocenters. The van der Waals surface area contributed by atoms with Crippen LogP contribution >= 0.6 is 0 Å². The number of nitrogen functional groups attached to an aromatic ring is 1. The fourth-order valence-corrected chi connectivity index (χ4v) is 3.76. The van der Waals surface area contributed by atoms with Crippen molar-refractivity contribution in [2.45, 2.75) is 37.6 Å². The molecule has 1 aromatic carbocycles. The molecule has 4 rings (SSSR count). The molecule has 1 aliphatic carbocycles. The topological polar surface area (TPSA) is 105 Å². The van der Waals surface area contributed by atoms with E-state index in [2.05, 4.69) is 32.0 Å². The van der Waals surface area contributed by atoms with Crippen LogP contribution in [0.5, 0.6) is 0 Å². The van der Waals surface area contributed by atoms with Crippen molar-refractivity contribution in [3.05, 3.63) is 41.1 Å². The molecule has 0 bridgehead atoms. The van der Waals surface area contributed by atoms with Gasteiger partial charge < -0.3 is 21.7 Å². The highest BCUT2D eigenvalue weighted by Crippen LogP contribution is 2.37. The summed E-state index contributed by atoms with van der Waals surface area (Å²) in [6, 6.07) is 8.05. The Morgan fingerprint density at radius 2 is 2.15 bits per heavy atom. The van der Waals surface area contributed by atoms with Crippen molar-refractivity contribution >= 4 is 23.4 Å². The molecule has 0 saturated heterocycles. The van der Waals surface area contributed by atoms with Gasteiger partial charge in [0, 0.05) is 31.6 Å². The Balaban J connectivity index is 1.40. The lowest BCUT2D eigenvalue weighted by Gasteiger charge is -2.35. The van der Waals surface area contributed by atoms with E-state index < -0.39 is 0 Å². The number of benzene rings is 1. The van der Waals surface area contributed by atoms with Crippen LogP contribution in [0.25, 0.3) is 0 Å². The number of para-hydroxylation sites is 1. The molecule has 26 heavy (non-hydrogen) atoms. The molecule has 136 valence electrons. The predicted octanol–water partition coefficient (Wildman–Crippen LogP) is 2.13. The van der Waals surface area contributed by atoms with Gasteiger partial charge in [-0.1, -0.05) is 12.1 Å². The van der Waals surface area contributed by atoms with Gasteiger partial charge in [0.15, 0.2) is 0 Å². The Morgan fingerprint density at radius 1 is 1.31 bits per heavy atom. The zero-order valence-corrected chi connectivity index (χ0v) is 14.9. The fraction of sp³-hybridized carbons (Fsp3) is 0.421. The molecular weight excluding hydrogens is 328 g/mol. The predicted molar refractivity (Wildman–Crippen MR) is 102 cm³/mol. The van der Waals surface area contributed by atoms with Crippen LogP contribution in [0.1, 0.15) is 46.8 Å².